The van der Waals surface area contributed by atoms with Crippen LogP contribution in [0.3, 0.4) is 0 Å². The van der Waals surface area contributed by atoms with Crippen molar-refractivity contribution >= 4 is 0 Å². The third-order valence-corrected chi connectivity index (χ3v) is 2.95. The molecule has 0 aliphatic rings. The second-order valence-corrected chi connectivity index (χ2v) is 4.15. The first-order chi connectivity index (χ1) is 9.47. The lowest BCUT2D eigenvalue weighted by molar-refractivity contribution is 0.394. The maximum Gasteiger partial charge on any atom is 0.252 e. The van der Waals surface area contributed by atoms with E-state index in [4.69, 9.17) is 5.26 Å². The maximum atomic E-state index is 13.7. The number of halogens is 4. The largest absolute Gasteiger partial charge is 0.252 e. The average molecular weight is 280 g/mol. The second-order valence-electron chi connectivity index (χ2n) is 4.15. The molecule has 1 heterocycles. The molecule has 1 atom stereocenters. The van der Waals surface area contributed by atoms with Crippen LogP contribution in [0.25, 0.3) is 0 Å². The fraction of sp³-hybridized carbons (Fsp3) is 0.143. The first kappa shape index (κ1) is 14.0. The molecular formula is C14H8F4N2. The van der Waals surface area contributed by atoms with Crippen LogP contribution in [0.2, 0.25) is 0 Å². The van der Waals surface area contributed by atoms with Crippen LogP contribution in [-0.4, -0.2) is 4.98 Å². The lowest BCUT2D eigenvalue weighted by atomic mass is 9.89. The van der Waals surface area contributed by atoms with Gasteiger partial charge in [0.2, 0.25) is 0 Å². The van der Waals surface area contributed by atoms with Gasteiger partial charge in [-0.15, -0.1) is 0 Å². The smallest absolute Gasteiger partial charge is 0.201 e. The minimum Gasteiger partial charge on any atom is -0.201 e. The molecule has 0 N–H and O–H groups in total. The number of aryl methyl sites for hydroxylation is 1. The predicted molar refractivity (Wildman–Crippen MR) is 62.7 cm³/mol. The van der Waals surface area contributed by atoms with Gasteiger partial charge in [0.1, 0.15) is 5.92 Å². The molecule has 0 radical (unpaired) electrons. The van der Waals surface area contributed by atoms with Crippen molar-refractivity contribution in [2.24, 2.45) is 0 Å². The number of hydrogen-bond donors (Lipinski definition) is 0. The molecule has 0 saturated carbocycles. The van der Waals surface area contributed by atoms with Gasteiger partial charge >= 0.3 is 0 Å². The minimum atomic E-state index is -1.77. The van der Waals surface area contributed by atoms with Gasteiger partial charge < -0.3 is 0 Å². The molecule has 20 heavy (non-hydrogen) atoms. The number of nitriles is 1. The number of nitrogens with zero attached hydrogens (tertiary/aromatic N) is 2. The molecule has 2 nitrogen and oxygen atoms in total. The quantitative estimate of drug-likeness (QED) is 0.622. The summed E-state index contributed by atoms with van der Waals surface area (Å²) in [6, 6.07) is 8.01. The van der Waals surface area contributed by atoms with E-state index in [1.807, 2.05) is 0 Å². The van der Waals surface area contributed by atoms with Crippen molar-refractivity contribution in [3.63, 3.8) is 0 Å². The van der Waals surface area contributed by atoms with E-state index in [1.54, 1.807) is 31.2 Å². The zero-order chi connectivity index (χ0) is 14.9. The highest BCUT2D eigenvalue weighted by Gasteiger charge is 2.29. The van der Waals surface area contributed by atoms with Crippen molar-refractivity contribution in [1.29, 1.82) is 5.26 Å². The monoisotopic (exact) mass is 280 g/mol. The van der Waals surface area contributed by atoms with Crippen molar-refractivity contribution in [2.75, 3.05) is 0 Å². The first-order valence-electron chi connectivity index (χ1n) is 5.62. The summed E-state index contributed by atoms with van der Waals surface area (Å²) in [6.45, 7) is 1.63. The summed E-state index contributed by atoms with van der Waals surface area (Å²) >= 11 is 0. The van der Waals surface area contributed by atoms with Gasteiger partial charge in [0.15, 0.2) is 11.6 Å². The van der Waals surface area contributed by atoms with Crippen LogP contribution in [0.1, 0.15) is 22.6 Å². The van der Waals surface area contributed by atoms with Crippen molar-refractivity contribution in [1.82, 2.24) is 4.98 Å². The summed E-state index contributed by atoms with van der Waals surface area (Å²) in [6.07, 6.45) is 0. The van der Waals surface area contributed by atoms with Crippen LogP contribution in [-0.2, 0) is 0 Å². The number of pyridine rings is 1. The Hall–Kier alpha value is -2.42. The van der Waals surface area contributed by atoms with E-state index < -0.39 is 35.0 Å². The van der Waals surface area contributed by atoms with Gasteiger partial charge in [0.25, 0.3) is 11.9 Å². The average Bonchev–Trinajstić information content (AvgIpc) is 2.42. The number of benzene rings is 1. The fourth-order valence-corrected chi connectivity index (χ4v) is 1.96. The molecule has 6 heteroatoms. The molecule has 0 aliphatic carbocycles. The van der Waals surface area contributed by atoms with E-state index in [0.29, 0.717) is 5.56 Å². The Morgan fingerprint density at radius 3 is 2.10 bits per heavy atom. The number of aromatic nitrogens is 1. The highest BCUT2D eigenvalue weighted by Crippen LogP contribution is 2.31. The van der Waals surface area contributed by atoms with E-state index in [9.17, 15) is 17.6 Å². The van der Waals surface area contributed by atoms with Crippen molar-refractivity contribution in [3.8, 4) is 6.07 Å². The molecule has 0 aliphatic heterocycles. The van der Waals surface area contributed by atoms with E-state index >= 15 is 0 Å². The molecule has 1 unspecified atom stereocenters. The maximum absolute atomic E-state index is 13.7. The third-order valence-electron chi connectivity index (χ3n) is 2.95. The van der Waals surface area contributed by atoms with Crippen molar-refractivity contribution < 1.29 is 17.6 Å². The predicted octanol–water partition coefficient (Wildman–Crippen LogP) is 3.60. The highest BCUT2D eigenvalue weighted by molar-refractivity contribution is 5.42. The van der Waals surface area contributed by atoms with Crippen LogP contribution in [0.4, 0.5) is 17.6 Å². The molecule has 0 saturated heterocycles. The Kier molecular flexibility index (Phi) is 3.70. The van der Waals surface area contributed by atoms with Crippen LogP contribution in [0.15, 0.2) is 24.3 Å². The van der Waals surface area contributed by atoms with Gasteiger partial charge in [-0.05, 0) is 18.1 Å². The SMILES string of the molecule is Cc1ccccc1C(C#N)c1c(F)c(F)nc(F)c1F. The summed E-state index contributed by atoms with van der Waals surface area (Å²) < 4.78 is 53.7. The Labute approximate surface area is 112 Å². The van der Waals surface area contributed by atoms with Crippen molar-refractivity contribution in [3.05, 3.63) is 64.5 Å². The van der Waals surface area contributed by atoms with Gasteiger partial charge in [0, 0.05) is 0 Å². The molecule has 1 aromatic heterocycles. The van der Waals surface area contributed by atoms with Gasteiger partial charge in [-0.25, -0.2) is 8.78 Å². The summed E-state index contributed by atoms with van der Waals surface area (Å²) in [5.41, 5.74) is -0.111. The Balaban J connectivity index is 2.72. The zero-order valence-electron chi connectivity index (χ0n) is 10.3. The van der Waals surface area contributed by atoms with Gasteiger partial charge in [-0.3, -0.25) is 0 Å². The lowest BCUT2D eigenvalue weighted by Gasteiger charge is -2.14. The van der Waals surface area contributed by atoms with Gasteiger partial charge in [-0.2, -0.15) is 19.0 Å². The molecule has 102 valence electrons. The van der Waals surface area contributed by atoms with E-state index in [-0.39, 0.29) is 5.56 Å². The van der Waals surface area contributed by atoms with E-state index in [1.165, 1.54) is 6.07 Å². The fourth-order valence-electron chi connectivity index (χ4n) is 1.96. The molecule has 2 rings (SSSR count). The summed E-state index contributed by atoms with van der Waals surface area (Å²) in [5.74, 6) is -8.30. The van der Waals surface area contributed by atoms with Crippen LogP contribution in [0, 0.1) is 41.8 Å². The van der Waals surface area contributed by atoms with Gasteiger partial charge in [-0.1, -0.05) is 24.3 Å². The molecule has 0 bridgehead atoms. The molecule has 0 spiro atoms. The summed E-state index contributed by atoms with van der Waals surface area (Å²) in [5, 5.41) is 9.14. The molecule has 0 amide bonds. The standard InChI is InChI=1S/C14H8F4N2/c1-7-4-2-3-5-8(7)9(6-19)10-11(15)13(17)20-14(18)12(10)16/h2-5,9H,1H3. The molecule has 0 fully saturated rings. The van der Waals surface area contributed by atoms with Crippen LogP contribution < -0.4 is 0 Å². The summed E-state index contributed by atoms with van der Waals surface area (Å²) in [4.78, 5) is 2.47. The topological polar surface area (TPSA) is 36.7 Å². The zero-order valence-corrected chi connectivity index (χ0v) is 10.3. The Bertz CT molecular complexity index is 681. The normalized spacial score (nSPS) is 12.0. The second kappa shape index (κ2) is 5.29. The van der Waals surface area contributed by atoms with E-state index in [2.05, 4.69) is 4.98 Å². The lowest BCUT2D eigenvalue weighted by Crippen LogP contribution is -2.12. The highest BCUT2D eigenvalue weighted by atomic mass is 19.2. The van der Waals surface area contributed by atoms with Crippen LogP contribution in [0.5, 0.6) is 0 Å². The van der Waals surface area contributed by atoms with Crippen LogP contribution >= 0.6 is 0 Å². The Morgan fingerprint density at radius 2 is 1.60 bits per heavy atom. The molecule has 1 aromatic carbocycles. The third kappa shape index (κ3) is 2.23. The first-order valence-corrected chi connectivity index (χ1v) is 5.62. The molecule has 2 aromatic rings. The summed E-state index contributed by atoms with van der Waals surface area (Å²) in [7, 11) is 0. The van der Waals surface area contributed by atoms with Gasteiger partial charge in [0.05, 0.1) is 11.6 Å². The number of rotatable bonds is 2. The minimum absolute atomic E-state index is 0.276. The van der Waals surface area contributed by atoms with Crippen molar-refractivity contribution in [2.45, 2.75) is 12.8 Å². The number of hydrogen-bond acceptors (Lipinski definition) is 2. The Morgan fingerprint density at radius 1 is 1.05 bits per heavy atom. The van der Waals surface area contributed by atoms with E-state index in [0.717, 1.165) is 0 Å². The molecular weight excluding hydrogens is 272 g/mol.